The maximum atomic E-state index is 9.31. The fraction of sp³-hybridized carbons (Fsp3) is 0.714. The molecule has 44 valence electrons. The van der Waals surface area contributed by atoms with Crippen LogP contribution in [0.2, 0.25) is 0 Å². The summed E-state index contributed by atoms with van der Waals surface area (Å²) < 4.78 is 0. The Morgan fingerprint density at radius 1 is 1.62 bits per heavy atom. The second kappa shape index (κ2) is 1.50. The van der Waals surface area contributed by atoms with Gasteiger partial charge in [0.15, 0.2) is 0 Å². The quantitative estimate of drug-likeness (QED) is 0.494. The van der Waals surface area contributed by atoms with Crippen LogP contribution in [0.15, 0.2) is 0 Å². The average Bonchev–Trinajstić information content (AvgIpc) is 1.60. The van der Waals surface area contributed by atoms with E-state index in [1.807, 2.05) is 13.8 Å². The second-order valence-electron chi connectivity index (χ2n) is 2.56. The van der Waals surface area contributed by atoms with Crippen molar-refractivity contribution >= 4 is 0 Å². The van der Waals surface area contributed by atoms with Crippen molar-refractivity contribution in [2.24, 2.45) is 5.92 Å². The topological polar surface area (TPSA) is 20.2 Å². The van der Waals surface area contributed by atoms with Gasteiger partial charge in [0.1, 0.15) is 5.60 Å². The summed E-state index contributed by atoms with van der Waals surface area (Å²) in [6.45, 7) is 3.96. The summed E-state index contributed by atoms with van der Waals surface area (Å²) in [5.41, 5.74) is -0.639. The zero-order valence-corrected chi connectivity index (χ0v) is 5.23. The molecule has 0 spiro atoms. The first-order valence-electron chi connectivity index (χ1n) is 2.87. The lowest BCUT2D eigenvalue weighted by Crippen LogP contribution is -2.37. The molecule has 1 aliphatic carbocycles. The van der Waals surface area contributed by atoms with Crippen molar-refractivity contribution < 1.29 is 5.11 Å². The highest BCUT2D eigenvalue weighted by Crippen LogP contribution is 2.24. The van der Waals surface area contributed by atoms with Crippen molar-refractivity contribution in [3.63, 3.8) is 0 Å². The molecular formula is C7H10O. The van der Waals surface area contributed by atoms with Gasteiger partial charge in [-0.05, 0) is 5.92 Å². The maximum absolute atomic E-state index is 9.31. The zero-order valence-electron chi connectivity index (χ0n) is 5.23. The molecule has 0 aromatic carbocycles. The van der Waals surface area contributed by atoms with Gasteiger partial charge in [-0.3, -0.25) is 0 Å². The minimum Gasteiger partial charge on any atom is -0.376 e. The number of aliphatic hydroxyl groups is 1. The van der Waals surface area contributed by atoms with E-state index in [1.165, 1.54) is 0 Å². The van der Waals surface area contributed by atoms with Gasteiger partial charge >= 0.3 is 0 Å². The first-order chi connectivity index (χ1) is 3.65. The van der Waals surface area contributed by atoms with Crippen LogP contribution in [-0.4, -0.2) is 10.7 Å². The van der Waals surface area contributed by atoms with Gasteiger partial charge in [0.05, 0.1) is 0 Å². The molecule has 1 rings (SSSR count). The van der Waals surface area contributed by atoms with Gasteiger partial charge in [-0.1, -0.05) is 25.7 Å². The lowest BCUT2D eigenvalue weighted by Gasteiger charge is -2.28. The molecule has 0 amide bonds. The highest BCUT2D eigenvalue weighted by molar-refractivity contribution is 5.28. The van der Waals surface area contributed by atoms with Crippen molar-refractivity contribution in [3.05, 3.63) is 0 Å². The average molecular weight is 110 g/mol. The van der Waals surface area contributed by atoms with Crippen LogP contribution in [0.25, 0.3) is 0 Å². The van der Waals surface area contributed by atoms with Crippen LogP contribution in [0.1, 0.15) is 20.3 Å². The van der Waals surface area contributed by atoms with Crippen molar-refractivity contribution in [2.45, 2.75) is 25.9 Å². The Hall–Kier alpha value is -0.480. The van der Waals surface area contributed by atoms with Crippen LogP contribution in [-0.2, 0) is 0 Å². The van der Waals surface area contributed by atoms with E-state index in [4.69, 9.17) is 0 Å². The number of hydrogen-bond donors (Lipinski definition) is 1. The Morgan fingerprint density at radius 2 is 2.12 bits per heavy atom. The predicted molar refractivity (Wildman–Crippen MR) is 32.2 cm³/mol. The molecule has 0 radical (unpaired) electrons. The molecule has 1 heteroatoms. The molecule has 1 nitrogen and oxygen atoms in total. The minimum atomic E-state index is -0.639. The Morgan fingerprint density at radius 3 is 2.12 bits per heavy atom. The first kappa shape index (κ1) is 5.65. The van der Waals surface area contributed by atoms with Crippen LogP contribution in [0.3, 0.4) is 0 Å². The van der Waals surface area contributed by atoms with E-state index in [2.05, 4.69) is 11.8 Å². The summed E-state index contributed by atoms with van der Waals surface area (Å²) in [5, 5.41) is 9.31. The normalized spacial score (nSPS) is 33.5. The number of hydrogen-bond acceptors (Lipinski definition) is 1. The maximum Gasteiger partial charge on any atom is 0.138 e. The van der Waals surface area contributed by atoms with E-state index in [-0.39, 0.29) is 5.92 Å². The van der Waals surface area contributed by atoms with Gasteiger partial charge < -0.3 is 5.11 Å². The summed E-state index contributed by atoms with van der Waals surface area (Å²) in [7, 11) is 0. The Kier molecular flexibility index (Phi) is 1.06. The molecule has 0 heterocycles. The van der Waals surface area contributed by atoms with E-state index >= 15 is 0 Å². The second-order valence-corrected chi connectivity index (χ2v) is 2.56. The Bertz CT molecular complexity index is 150. The molecule has 8 heavy (non-hydrogen) atoms. The Labute approximate surface area is 49.7 Å². The van der Waals surface area contributed by atoms with Crippen LogP contribution in [0.5, 0.6) is 0 Å². The monoisotopic (exact) mass is 110 g/mol. The standard InChI is InChI=1S/C7H10O/c1-6(2)7(8)4-3-5-7/h6,8H,4H2,1-2H3. The summed E-state index contributed by atoms with van der Waals surface area (Å²) in [6.07, 6.45) is 0.657. The third kappa shape index (κ3) is 0.617. The molecule has 0 fully saturated rings. The molecular weight excluding hydrogens is 100 g/mol. The van der Waals surface area contributed by atoms with Crippen molar-refractivity contribution in [1.29, 1.82) is 0 Å². The third-order valence-electron chi connectivity index (χ3n) is 1.62. The molecule has 0 saturated carbocycles. The van der Waals surface area contributed by atoms with Gasteiger partial charge in [0.2, 0.25) is 0 Å². The van der Waals surface area contributed by atoms with Crippen LogP contribution in [0, 0.1) is 17.8 Å². The summed E-state index contributed by atoms with van der Waals surface area (Å²) in [4.78, 5) is 0. The van der Waals surface area contributed by atoms with Crippen LogP contribution >= 0.6 is 0 Å². The molecule has 0 aromatic rings. The van der Waals surface area contributed by atoms with Crippen molar-refractivity contribution in [2.75, 3.05) is 0 Å². The smallest absolute Gasteiger partial charge is 0.138 e. The van der Waals surface area contributed by atoms with Gasteiger partial charge in [-0.25, -0.2) is 0 Å². The highest BCUT2D eigenvalue weighted by atomic mass is 16.3. The van der Waals surface area contributed by atoms with Gasteiger partial charge in [0.25, 0.3) is 0 Å². The Balaban J connectivity index is 2.61. The SMILES string of the molecule is CC(C)C1(O)C#CC1. The largest absolute Gasteiger partial charge is 0.376 e. The van der Waals surface area contributed by atoms with E-state index in [0.29, 0.717) is 6.42 Å². The molecule has 1 unspecified atom stereocenters. The molecule has 1 aliphatic rings. The lowest BCUT2D eigenvalue weighted by molar-refractivity contribution is 0.0481. The fourth-order valence-electron chi connectivity index (χ4n) is 0.618. The molecule has 0 aliphatic heterocycles. The zero-order chi connectivity index (χ0) is 6.20. The predicted octanol–water partition coefficient (Wildman–Crippen LogP) is 0.781. The lowest BCUT2D eigenvalue weighted by atomic mass is 9.82. The molecule has 0 saturated heterocycles. The summed E-state index contributed by atoms with van der Waals surface area (Å²) in [5.74, 6) is 5.79. The third-order valence-corrected chi connectivity index (χ3v) is 1.62. The van der Waals surface area contributed by atoms with Crippen LogP contribution in [0.4, 0.5) is 0 Å². The van der Waals surface area contributed by atoms with Gasteiger partial charge in [-0.15, -0.1) is 0 Å². The van der Waals surface area contributed by atoms with E-state index in [0.717, 1.165) is 0 Å². The number of rotatable bonds is 1. The van der Waals surface area contributed by atoms with Crippen molar-refractivity contribution in [1.82, 2.24) is 0 Å². The molecule has 0 aromatic heterocycles. The molecule has 0 bridgehead atoms. The molecule has 1 N–H and O–H groups in total. The van der Waals surface area contributed by atoms with Gasteiger partial charge in [-0.2, -0.15) is 0 Å². The summed E-state index contributed by atoms with van der Waals surface area (Å²) >= 11 is 0. The van der Waals surface area contributed by atoms with Gasteiger partial charge in [0, 0.05) is 6.42 Å². The van der Waals surface area contributed by atoms with E-state index < -0.39 is 5.60 Å². The first-order valence-corrected chi connectivity index (χ1v) is 2.87. The van der Waals surface area contributed by atoms with E-state index in [1.54, 1.807) is 0 Å². The summed E-state index contributed by atoms with van der Waals surface area (Å²) in [6, 6.07) is 0. The highest BCUT2D eigenvalue weighted by Gasteiger charge is 2.31. The minimum absolute atomic E-state index is 0.281. The molecule has 1 atom stereocenters. The fourth-order valence-corrected chi connectivity index (χ4v) is 0.618. The van der Waals surface area contributed by atoms with Crippen LogP contribution < -0.4 is 0 Å². The van der Waals surface area contributed by atoms with Crippen molar-refractivity contribution in [3.8, 4) is 11.8 Å². The van der Waals surface area contributed by atoms with E-state index in [9.17, 15) is 5.11 Å².